The zero-order valence-electron chi connectivity index (χ0n) is 18.6. The van der Waals surface area contributed by atoms with Gasteiger partial charge in [0, 0.05) is 17.1 Å². The van der Waals surface area contributed by atoms with Crippen molar-refractivity contribution < 1.29 is 19.4 Å². The first-order chi connectivity index (χ1) is 16.9. The Labute approximate surface area is 212 Å². The number of rotatable bonds is 8. The number of carbonyl (C=O) groups excluding carboxylic acids is 1. The normalized spacial score (nSPS) is 15.6. The molecule has 1 heterocycles. The molecule has 0 aromatic heterocycles. The van der Waals surface area contributed by atoms with Gasteiger partial charge in [-0.25, -0.2) is 9.79 Å². The number of amides is 1. The van der Waals surface area contributed by atoms with Crippen molar-refractivity contribution in [2.45, 2.75) is 6.61 Å². The van der Waals surface area contributed by atoms with Crippen molar-refractivity contribution in [3.05, 3.63) is 112 Å². The van der Waals surface area contributed by atoms with Gasteiger partial charge < -0.3 is 9.84 Å². The molecule has 0 spiro atoms. The van der Waals surface area contributed by atoms with E-state index >= 15 is 0 Å². The Morgan fingerprint density at radius 2 is 1.89 bits per heavy atom. The van der Waals surface area contributed by atoms with E-state index in [4.69, 9.17) is 16.3 Å². The van der Waals surface area contributed by atoms with Crippen molar-refractivity contribution in [1.29, 1.82) is 0 Å². The predicted molar refractivity (Wildman–Crippen MR) is 140 cm³/mol. The summed E-state index contributed by atoms with van der Waals surface area (Å²) in [5.41, 5.74) is 2.30. The van der Waals surface area contributed by atoms with E-state index in [1.807, 2.05) is 48.5 Å². The number of hydrogen-bond donors (Lipinski definition) is 1. The third-order valence-electron chi connectivity index (χ3n) is 5.03. The summed E-state index contributed by atoms with van der Waals surface area (Å²) < 4.78 is 6.02. The maximum Gasteiger partial charge on any atom is 0.335 e. The summed E-state index contributed by atoms with van der Waals surface area (Å²) in [6, 6.07) is 21.2. The maximum absolute atomic E-state index is 13.2. The van der Waals surface area contributed by atoms with Gasteiger partial charge in [-0.2, -0.15) is 0 Å². The Bertz CT molecular complexity index is 1340. The SMILES string of the molecule is C=CCN1C(=O)/C(=C/c2ccccc2OCc2ccc(Cl)cc2)SC1=Nc1cccc(C(=O)O)c1. The van der Waals surface area contributed by atoms with Crippen LogP contribution in [-0.2, 0) is 11.4 Å². The fraction of sp³-hybridized carbons (Fsp3) is 0.0741. The topological polar surface area (TPSA) is 79.2 Å². The third kappa shape index (κ3) is 6.01. The van der Waals surface area contributed by atoms with Crippen LogP contribution in [0, 0.1) is 0 Å². The number of ether oxygens (including phenoxy) is 1. The Morgan fingerprint density at radius 1 is 1.11 bits per heavy atom. The second kappa shape index (κ2) is 11.1. The molecule has 3 aromatic rings. The van der Waals surface area contributed by atoms with E-state index in [2.05, 4.69) is 11.6 Å². The first-order valence-electron chi connectivity index (χ1n) is 10.7. The van der Waals surface area contributed by atoms with Crippen LogP contribution in [0.3, 0.4) is 0 Å². The molecule has 8 heteroatoms. The summed E-state index contributed by atoms with van der Waals surface area (Å²) in [6.07, 6.45) is 3.39. The van der Waals surface area contributed by atoms with E-state index in [0.717, 1.165) is 11.1 Å². The van der Waals surface area contributed by atoms with Crippen LogP contribution in [0.15, 0.2) is 95.3 Å². The Balaban J connectivity index is 1.61. The molecule has 1 saturated heterocycles. The molecule has 1 amide bonds. The van der Waals surface area contributed by atoms with E-state index in [1.165, 1.54) is 28.8 Å². The molecular formula is C27H21ClN2O4S. The smallest absolute Gasteiger partial charge is 0.335 e. The first-order valence-corrected chi connectivity index (χ1v) is 11.8. The van der Waals surface area contributed by atoms with Crippen LogP contribution in [0.2, 0.25) is 5.02 Å². The molecule has 1 fully saturated rings. The highest BCUT2D eigenvalue weighted by Crippen LogP contribution is 2.35. The summed E-state index contributed by atoms with van der Waals surface area (Å²) in [6.45, 7) is 4.36. The zero-order chi connectivity index (χ0) is 24.8. The minimum atomic E-state index is -1.04. The lowest BCUT2D eigenvalue weighted by Gasteiger charge is -2.12. The molecular weight excluding hydrogens is 484 g/mol. The number of aliphatic imine (C=N–C) groups is 1. The second-order valence-electron chi connectivity index (χ2n) is 7.52. The van der Waals surface area contributed by atoms with Gasteiger partial charge in [-0.05, 0) is 59.8 Å². The number of nitrogens with zero attached hydrogens (tertiary/aromatic N) is 2. The van der Waals surface area contributed by atoms with E-state index in [1.54, 1.807) is 24.3 Å². The molecule has 35 heavy (non-hydrogen) atoms. The molecule has 0 bridgehead atoms. The van der Waals surface area contributed by atoms with Crippen molar-refractivity contribution in [3.8, 4) is 5.75 Å². The summed E-state index contributed by atoms with van der Waals surface area (Å²) in [5.74, 6) is -0.616. The average molecular weight is 505 g/mol. The van der Waals surface area contributed by atoms with Crippen molar-refractivity contribution in [1.82, 2.24) is 4.90 Å². The van der Waals surface area contributed by atoms with Gasteiger partial charge in [0.05, 0.1) is 16.2 Å². The summed E-state index contributed by atoms with van der Waals surface area (Å²) in [5, 5.41) is 10.4. The van der Waals surface area contributed by atoms with Gasteiger partial charge in [0.1, 0.15) is 12.4 Å². The highest BCUT2D eigenvalue weighted by atomic mass is 35.5. The van der Waals surface area contributed by atoms with Gasteiger partial charge in [-0.3, -0.25) is 9.69 Å². The molecule has 4 rings (SSSR count). The number of amidine groups is 1. The van der Waals surface area contributed by atoms with E-state index < -0.39 is 5.97 Å². The number of carboxylic acids is 1. The maximum atomic E-state index is 13.2. The number of benzene rings is 3. The standard InChI is InChI=1S/C27H21ClN2O4S/c1-2-14-30-25(31)24(35-27(30)29-22-8-5-7-20(15-22)26(32)33)16-19-6-3-4-9-23(19)34-17-18-10-12-21(28)13-11-18/h2-13,15-16H,1,14,17H2,(H,32,33)/b24-16-,29-27?. The van der Waals surface area contributed by atoms with Gasteiger partial charge in [0.25, 0.3) is 5.91 Å². The molecule has 1 aliphatic rings. The van der Waals surface area contributed by atoms with E-state index in [-0.39, 0.29) is 18.0 Å². The van der Waals surface area contributed by atoms with Crippen molar-refractivity contribution in [2.24, 2.45) is 4.99 Å². The number of carboxylic acid groups (broad SMARTS) is 1. The lowest BCUT2D eigenvalue weighted by molar-refractivity contribution is -0.121. The van der Waals surface area contributed by atoms with Crippen molar-refractivity contribution >= 4 is 52.2 Å². The molecule has 3 aromatic carbocycles. The van der Waals surface area contributed by atoms with Crippen molar-refractivity contribution in [2.75, 3.05) is 6.54 Å². The quantitative estimate of drug-likeness (QED) is 0.283. The molecule has 0 aliphatic carbocycles. The molecule has 6 nitrogen and oxygen atoms in total. The largest absolute Gasteiger partial charge is 0.488 e. The molecule has 0 saturated carbocycles. The summed E-state index contributed by atoms with van der Waals surface area (Å²) in [7, 11) is 0. The van der Waals surface area contributed by atoms with Crippen LogP contribution < -0.4 is 4.74 Å². The molecule has 0 unspecified atom stereocenters. The van der Waals surface area contributed by atoms with Crippen LogP contribution in [0.25, 0.3) is 6.08 Å². The van der Waals surface area contributed by atoms with E-state index in [0.29, 0.717) is 33.1 Å². The van der Waals surface area contributed by atoms with Gasteiger partial charge in [0.2, 0.25) is 0 Å². The second-order valence-corrected chi connectivity index (χ2v) is 8.96. The van der Waals surface area contributed by atoms with Crippen LogP contribution in [0.5, 0.6) is 5.75 Å². The molecule has 0 atom stereocenters. The van der Waals surface area contributed by atoms with Gasteiger partial charge in [-0.15, -0.1) is 6.58 Å². The lowest BCUT2D eigenvalue weighted by Crippen LogP contribution is -2.29. The fourth-order valence-electron chi connectivity index (χ4n) is 3.31. The van der Waals surface area contributed by atoms with Crippen LogP contribution in [0.4, 0.5) is 5.69 Å². The summed E-state index contributed by atoms with van der Waals surface area (Å²) >= 11 is 7.17. The molecule has 1 N–H and O–H groups in total. The Hall–Kier alpha value is -3.81. The van der Waals surface area contributed by atoms with Crippen LogP contribution in [-0.4, -0.2) is 33.6 Å². The monoisotopic (exact) mass is 504 g/mol. The van der Waals surface area contributed by atoms with Crippen LogP contribution in [0.1, 0.15) is 21.5 Å². The highest BCUT2D eigenvalue weighted by molar-refractivity contribution is 8.18. The predicted octanol–water partition coefficient (Wildman–Crippen LogP) is 6.41. The number of halogens is 1. The minimum Gasteiger partial charge on any atom is -0.488 e. The fourth-order valence-corrected chi connectivity index (χ4v) is 4.44. The molecule has 0 radical (unpaired) electrons. The van der Waals surface area contributed by atoms with Crippen molar-refractivity contribution in [3.63, 3.8) is 0 Å². The highest BCUT2D eigenvalue weighted by Gasteiger charge is 2.32. The van der Waals surface area contributed by atoms with Crippen LogP contribution >= 0.6 is 23.4 Å². The number of carbonyl (C=O) groups is 2. The lowest BCUT2D eigenvalue weighted by atomic mass is 10.1. The number of aromatic carboxylic acids is 1. The molecule has 176 valence electrons. The van der Waals surface area contributed by atoms with E-state index in [9.17, 15) is 14.7 Å². The zero-order valence-corrected chi connectivity index (χ0v) is 20.1. The summed E-state index contributed by atoms with van der Waals surface area (Å²) in [4.78, 5) is 31.0. The third-order valence-corrected chi connectivity index (χ3v) is 6.29. The number of para-hydroxylation sites is 1. The van der Waals surface area contributed by atoms with Gasteiger partial charge in [0.15, 0.2) is 5.17 Å². The average Bonchev–Trinajstić information content (AvgIpc) is 3.14. The Morgan fingerprint density at radius 3 is 2.63 bits per heavy atom. The molecule has 1 aliphatic heterocycles. The number of hydrogen-bond acceptors (Lipinski definition) is 5. The first kappa shape index (κ1) is 24.3. The number of thioether (sulfide) groups is 1. The van der Waals surface area contributed by atoms with Gasteiger partial charge >= 0.3 is 5.97 Å². The Kier molecular flexibility index (Phi) is 7.70. The van der Waals surface area contributed by atoms with Gasteiger partial charge in [-0.1, -0.05) is 54.1 Å². The minimum absolute atomic E-state index is 0.124.